The lowest BCUT2D eigenvalue weighted by Crippen LogP contribution is -2.49. The lowest BCUT2D eigenvalue weighted by Gasteiger charge is -2.42. The molecule has 0 saturated carbocycles. The SMILES string of the molecule is COC(=O)c1ccc(C[C@@H]2CC[C@H]([C@H](O[Si](C)(C)C(C)(C)C)c3ccc[n+]([O-])c3)N2C(=O)O)cc1. The molecule has 9 heteroatoms. The van der Waals surface area contributed by atoms with Crippen LogP contribution in [0.5, 0.6) is 0 Å². The summed E-state index contributed by atoms with van der Waals surface area (Å²) in [6.45, 7) is 10.7. The minimum absolute atomic E-state index is 0.0824. The molecule has 2 heterocycles. The molecule has 1 aromatic carbocycles. The molecule has 0 bridgehead atoms. The molecule has 0 aliphatic carbocycles. The molecule has 190 valence electrons. The fourth-order valence-corrected chi connectivity index (χ4v) is 5.66. The van der Waals surface area contributed by atoms with Crippen LogP contribution in [-0.4, -0.2) is 49.6 Å². The number of esters is 1. The van der Waals surface area contributed by atoms with E-state index in [1.165, 1.54) is 24.4 Å². The summed E-state index contributed by atoms with van der Waals surface area (Å²) in [4.78, 5) is 25.8. The lowest BCUT2D eigenvalue weighted by atomic mass is 10.0. The summed E-state index contributed by atoms with van der Waals surface area (Å²) >= 11 is 0. The fourth-order valence-electron chi connectivity index (χ4n) is 4.38. The standard InChI is InChI=1S/C26H36N2O6Si/c1-26(2,3)35(5,6)34-23(20-8-7-15-27(32)17-20)22-14-13-21(28(22)25(30)31)16-18-9-11-19(12-10-18)24(29)33-4/h7-12,15,17,21-23H,13-14,16H2,1-6H3,(H,30,31)/t21-,22+,23+/m0/s1. The van der Waals surface area contributed by atoms with Crippen molar-refractivity contribution in [2.45, 2.75) is 76.4 Å². The van der Waals surface area contributed by atoms with Crippen molar-refractivity contribution in [3.05, 3.63) is 70.7 Å². The van der Waals surface area contributed by atoms with Gasteiger partial charge in [-0.15, -0.1) is 0 Å². The summed E-state index contributed by atoms with van der Waals surface area (Å²) in [6.07, 6.45) is 3.18. The number of hydrogen-bond donors (Lipinski definition) is 1. The van der Waals surface area contributed by atoms with E-state index in [1.807, 2.05) is 18.2 Å². The Balaban J connectivity index is 1.91. The van der Waals surface area contributed by atoms with Gasteiger partial charge in [0.1, 0.15) is 0 Å². The van der Waals surface area contributed by atoms with Crippen LogP contribution in [0.1, 0.15) is 61.2 Å². The molecule has 2 aromatic rings. The van der Waals surface area contributed by atoms with Gasteiger partial charge in [0.25, 0.3) is 0 Å². The van der Waals surface area contributed by atoms with E-state index < -0.39 is 32.5 Å². The maximum atomic E-state index is 12.5. The number of rotatable bonds is 7. The van der Waals surface area contributed by atoms with E-state index >= 15 is 0 Å². The summed E-state index contributed by atoms with van der Waals surface area (Å²) in [5.41, 5.74) is 2.08. The third-order valence-corrected chi connectivity index (χ3v) is 11.8. The Labute approximate surface area is 208 Å². The van der Waals surface area contributed by atoms with Gasteiger partial charge < -0.3 is 19.5 Å². The third-order valence-electron chi connectivity index (χ3n) is 7.32. The van der Waals surface area contributed by atoms with Crippen molar-refractivity contribution < 1.29 is 28.6 Å². The highest BCUT2D eigenvalue weighted by atomic mass is 28.4. The van der Waals surface area contributed by atoms with E-state index in [2.05, 4.69) is 33.9 Å². The number of carbonyl (C=O) groups excluding carboxylic acids is 1. The highest BCUT2D eigenvalue weighted by Gasteiger charge is 2.47. The second-order valence-corrected chi connectivity index (χ2v) is 15.4. The summed E-state index contributed by atoms with van der Waals surface area (Å²) < 4.78 is 12.3. The number of methoxy groups -OCH3 is 1. The van der Waals surface area contributed by atoms with Gasteiger partial charge in [-0.05, 0) is 61.2 Å². The Kier molecular flexibility index (Phi) is 7.91. The normalized spacial score (nSPS) is 19.4. The Bertz CT molecular complexity index is 1050. The highest BCUT2D eigenvalue weighted by Crippen LogP contribution is 2.44. The van der Waals surface area contributed by atoms with Gasteiger partial charge in [0.15, 0.2) is 20.7 Å². The quantitative estimate of drug-likeness (QED) is 0.250. The molecule has 1 aliphatic heterocycles. The van der Waals surface area contributed by atoms with Crippen molar-refractivity contribution in [3.63, 3.8) is 0 Å². The van der Waals surface area contributed by atoms with Crippen molar-refractivity contribution in [1.29, 1.82) is 0 Å². The molecule has 1 fully saturated rings. The van der Waals surface area contributed by atoms with Gasteiger partial charge in [0, 0.05) is 17.7 Å². The molecule has 8 nitrogen and oxygen atoms in total. The van der Waals surface area contributed by atoms with Gasteiger partial charge >= 0.3 is 12.1 Å². The summed E-state index contributed by atoms with van der Waals surface area (Å²) in [5.74, 6) is -0.409. The molecule has 35 heavy (non-hydrogen) atoms. The molecule has 0 radical (unpaired) electrons. The van der Waals surface area contributed by atoms with E-state index in [-0.39, 0.29) is 11.1 Å². The number of aromatic nitrogens is 1. The molecule has 1 amide bonds. The van der Waals surface area contributed by atoms with E-state index in [0.29, 0.717) is 30.4 Å². The monoisotopic (exact) mass is 500 g/mol. The average molecular weight is 501 g/mol. The smallest absolute Gasteiger partial charge is 0.407 e. The topological polar surface area (TPSA) is 103 Å². The van der Waals surface area contributed by atoms with E-state index in [4.69, 9.17) is 9.16 Å². The first-order valence-corrected chi connectivity index (χ1v) is 14.8. The Morgan fingerprint density at radius 2 is 1.86 bits per heavy atom. The zero-order valence-corrected chi connectivity index (χ0v) is 22.4. The fraction of sp³-hybridized carbons (Fsp3) is 0.500. The molecule has 0 unspecified atom stereocenters. The predicted molar refractivity (Wildman–Crippen MR) is 135 cm³/mol. The number of carboxylic acid groups (broad SMARTS) is 1. The second kappa shape index (κ2) is 10.4. The lowest BCUT2D eigenvalue weighted by molar-refractivity contribution is -0.606. The zero-order chi connectivity index (χ0) is 26.0. The Morgan fingerprint density at radius 1 is 1.20 bits per heavy atom. The molecule has 1 N–H and O–H groups in total. The van der Waals surface area contributed by atoms with Gasteiger partial charge in [-0.25, -0.2) is 9.59 Å². The highest BCUT2D eigenvalue weighted by molar-refractivity contribution is 6.74. The van der Waals surface area contributed by atoms with E-state index in [1.54, 1.807) is 18.2 Å². The first-order chi connectivity index (χ1) is 16.3. The second-order valence-electron chi connectivity index (χ2n) is 10.7. The molecular formula is C26H36N2O6Si. The number of likely N-dealkylation sites (tertiary alicyclic amines) is 1. The van der Waals surface area contributed by atoms with E-state index in [9.17, 15) is 19.9 Å². The van der Waals surface area contributed by atoms with Crippen molar-refractivity contribution in [1.82, 2.24) is 4.90 Å². The maximum absolute atomic E-state index is 12.5. The van der Waals surface area contributed by atoms with Crippen molar-refractivity contribution in [2.75, 3.05) is 7.11 Å². The van der Waals surface area contributed by atoms with Crippen LogP contribution in [0.15, 0.2) is 48.8 Å². The van der Waals surface area contributed by atoms with Crippen LogP contribution in [0.3, 0.4) is 0 Å². The maximum Gasteiger partial charge on any atom is 0.407 e. The van der Waals surface area contributed by atoms with Gasteiger partial charge in [-0.2, -0.15) is 4.73 Å². The minimum atomic E-state index is -2.29. The number of pyridine rings is 1. The van der Waals surface area contributed by atoms with Crippen LogP contribution < -0.4 is 4.73 Å². The van der Waals surface area contributed by atoms with Crippen LogP contribution in [0.2, 0.25) is 18.1 Å². The van der Waals surface area contributed by atoms with Crippen LogP contribution in [-0.2, 0) is 15.6 Å². The van der Waals surface area contributed by atoms with Crippen molar-refractivity contribution >= 4 is 20.4 Å². The number of nitrogens with zero attached hydrogens (tertiary/aromatic N) is 2. The molecule has 1 aromatic heterocycles. The van der Waals surface area contributed by atoms with Gasteiger partial charge in [-0.3, -0.25) is 4.90 Å². The minimum Gasteiger partial charge on any atom is -0.619 e. The number of ether oxygens (including phenoxy) is 1. The van der Waals surface area contributed by atoms with Crippen molar-refractivity contribution in [3.8, 4) is 0 Å². The Hall–Kier alpha value is -2.91. The number of carbonyl (C=O) groups is 2. The zero-order valence-electron chi connectivity index (χ0n) is 21.4. The van der Waals surface area contributed by atoms with Crippen LogP contribution >= 0.6 is 0 Å². The molecule has 1 saturated heterocycles. The van der Waals surface area contributed by atoms with Gasteiger partial charge in [-0.1, -0.05) is 32.9 Å². The van der Waals surface area contributed by atoms with Gasteiger partial charge in [0.2, 0.25) is 0 Å². The van der Waals surface area contributed by atoms with Gasteiger partial charge in [0.05, 0.1) is 24.8 Å². The summed E-state index contributed by atoms with van der Waals surface area (Å²) in [5, 5.41) is 22.3. The van der Waals surface area contributed by atoms with E-state index in [0.717, 1.165) is 10.3 Å². The first kappa shape index (κ1) is 26.7. The largest absolute Gasteiger partial charge is 0.619 e. The summed E-state index contributed by atoms with van der Waals surface area (Å²) in [6, 6.07) is 9.91. The number of hydrogen-bond acceptors (Lipinski definition) is 5. The predicted octanol–water partition coefficient (Wildman–Crippen LogP) is 4.92. The van der Waals surface area contributed by atoms with Crippen LogP contribution in [0.4, 0.5) is 4.79 Å². The molecule has 0 spiro atoms. The van der Waals surface area contributed by atoms with Crippen LogP contribution in [0.25, 0.3) is 0 Å². The van der Waals surface area contributed by atoms with Crippen LogP contribution in [0, 0.1) is 5.21 Å². The average Bonchev–Trinajstić information content (AvgIpc) is 3.20. The van der Waals surface area contributed by atoms with Crippen molar-refractivity contribution in [2.24, 2.45) is 0 Å². The Morgan fingerprint density at radius 3 is 2.40 bits per heavy atom. The molecule has 3 rings (SSSR count). The number of benzene rings is 1. The molecule has 3 atom stereocenters. The number of amides is 1. The molecule has 1 aliphatic rings. The molecular weight excluding hydrogens is 464 g/mol. The third kappa shape index (κ3) is 6.02. The first-order valence-electron chi connectivity index (χ1n) is 11.9. The summed E-state index contributed by atoms with van der Waals surface area (Å²) in [7, 11) is -0.955.